The van der Waals surface area contributed by atoms with Crippen LogP contribution in [0.25, 0.3) is 0 Å². The molecular formula is C11H14N6O2. The highest BCUT2D eigenvalue weighted by Gasteiger charge is 2.10. The lowest BCUT2D eigenvalue weighted by Gasteiger charge is -2.04. The molecule has 0 aliphatic rings. The first-order chi connectivity index (χ1) is 8.99. The molecular weight excluding hydrogens is 248 g/mol. The normalized spacial score (nSPS) is 10.5. The molecule has 1 N–H and O–H groups in total. The number of anilines is 1. The molecule has 8 nitrogen and oxygen atoms in total. The third kappa shape index (κ3) is 2.67. The number of hydrogen-bond acceptors (Lipinski definition) is 6. The van der Waals surface area contributed by atoms with Crippen molar-refractivity contribution in [2.75, 3.05) is 5.32 Å². The number of aromatic nitrogens is 4. The maximum Gasteiger partial charge on any atom is 0.305 e. The summed E-state index contributed by atoms with van der Waals surface area (Å²) in [5.41, 5.74) is 2.95. The Hall–Kier alpha value is -2.51. The third-order valence-electron chi connectivity index (χ3n) is 2.93. The van der Waals surface area contributed by atoms with Crippen molar-refractivity contribution in [1.29, 1.82) is 0 Å². The zero-order valence-electron chi connectivity index (χ0n) is 10.9. The lowest BCUT2D eigenvalue weighted by atomic mass is 10.2. The molecule has 2 rings (SSSR count). The van der Waals surface area contributed by atoms with Crippen LogP contribution in [0.1, 0.15) is 17.0 Å². The van der Waals surface area contributed by atoms with Gasteiger partial charge in [-0.05, 0) is 13.8 Å². The Balaban J connectivity index is 2.08. The SMILES string of the molecule is Cc1nn(C)c(C)c1CNc1ncc([N+](=O)[O-])cn1. The summed E-state index contributed by atoms with van der Waals surface area (Å²) in [6.45, 7) is 4.44. The van der Waals surface area contributed by atoms with Crippen LogP contribution in [0.2, 0.25) is 0 Å². The van der Waals surface area contributed by atoms with Gasteiger partial charge in [0.25, 0.3) is 0 Å². The van der Waals surface area contributed by atoms with E-state index in [2.05, 4.69) is 20.4 Å². The fourth-order valence-corrected chi connectivity index (χ4v) is 1.75. The van der Waals surface area contributed by atoms with Gasteiger partial charge in [-0.15, -0.1) is 0 Å². The van der Waals surface area contributed by atoms with Gasteiger partial charge in [0, 0.05) is 24.8 Å². The van der Waals surface area contributed by atoms with Gasteiger partial charge in [-0.1, -0.05) is 0 Å². The van der Waals surface area contributed by atoms with Crippen molar-refractivity contribution in [3.8, 4) is 0 Å². The molecule has 0 fully saturated rings. The van der Waals surface area contributed by atoms with E-state index in [1.54, 1.807) is 0 Å². The molecule has 100 valence electrons. The van der Waals surface area contributed by atoms with E-state index in [0.717, 1.165) is 17.0 Å². The zero-order chi connectivity index (χ0) is 14.0. The fourth-order valence-electron chi connectivity index (χ4n) is 1.75. The van der Waals surface area contributed by atoms with Gasteiger partial charge in [0.2, 0.25) is 5.95 Å². The van der Waals surface area contributed by atoms with Crippen LogP contribution in [0.4, 0.5) is 11.6 Å². The van der Waals surface area contributed by atoms with Crippen molar-refractivity contribution >= 4 is 11.6 Å². The van der Waals surface area contributed by atoms with Crippen LogP contribution >= 0.6 is 0 Å². The van der Waals surface area contributed by atoms with Gasteiger partial charge in [0.1, 0.15) is 12.4 Å². The van der Waals surface area contributed by atoms with E-state index in [9.17, 15) is 10.1 Å². The lowest BCUT2D eigenvalue weighted by molar-refractivity contribution is -0.385. The summed E-state index contributed by atoms with van der Waals surface area (Å²) in [7, 11) is 1.88. The van der Waals surface area contributed by atoms with Crippen molar-refractivity contribution in [1.82, 2.24) is 19.7 Å². The summed E-state index contributed by atoms with van der Waals surface area (Å²) >= 11 is 0. The number of nitro groups is 1. The highest BCUT2D eigenvalue weighted by molar-refractivity contribution is 5.34. The number of nitrogens with one attached hydrogen (secondary N) is 1. The molecule has 0 saturated heterocycles. The van der Waals surface area contributed by atoms with Gasteiger partial charge >= 0.3 is 5.69 Å². The molecule has 2 heterocycles. The molecule has 0 aromatic carbocycles. The maximum atomic E-state index is 10.5. The van der Waals surface area contributed by atoms with Crippen molar-refractivity contribution in [3.63, 3.8) is 0 Å². The molecule has 19 heavy (non-hydrogen) atoms. The average molecular weight is 262 g/mol. The predicted molar refractivity (Wildman–Crippen MR) is 68.7 cm³/mol. The van der Waals surface area contributed by atoms with Crippen LogP contribution in [-0.2, 0) is 13.6 Å². The molecule has 0 aliphatic carbocycles. The minimum absolute atomic E-state index is 0.126. The Labute approximate surface area is 109 Å². The smallest absolute Gasteiger partial charge is 0.305 e. The first-order valence-electron chi connectivity index (χ1n) is 5.68. The predicted octanol–water partition coefficient (Wildman–Crippen LogP) is 1.35. The molecule has 2 aromatic rings. The molecule has 0 unspecified atom stereocenters. The summed E-state index contributed by atoms with van der Waals surface area (Å²) in [5.74, 6) is 0.355. The Morgan fingerprint density at radius 2 is 2.00 bits per heavy atom. The monoisotopic (exact) mass is 262 g/mol. The van der Waals surface area contributed by atoms with Crippen LogP contribution in [0.5, 0.6) is 0 Å². The van der Waals surface area contributed by atoms with Crippen molar-refractivity contribution in [2.45, 2.75) is 20.4 Å². The van der Waals surface area contributed by atoms with E-state index >= 15 is 0 Å². The maximum absolute atomic E-state index is 10.5. The Kier molecular flexibility index (Phi) is 3.41. The zero-order valence-corrected chi connectivity index (χ0v) is 10.9. The summed E-state index contributed by atoms with van der Waals surface area (Å²) < 4.78 is 1.81. The second-order valence-electron chi connectivity index (χ2n) is 4.15. The number of rotatable bonds is 4. The quantitative estimate of drug-likeness (QED) is 0.659. The first-order valence-corrected chi connectivity index (χ1v) is 5.68. The Morgan fingerprint density at radius 1 is 1.37 bits per heavy atom. The second-order valence-corrected chi connectivity index (χ2v) is 4.15. The minimum Gasteiger partial charge on any atom is -0.350 e. The molecule has 0 radical (unpaired) electrons. The van der Waals surface area contributed by atoms with Gasteiger partial charge in [0.05, 0.1) is 10.6 Å². The lowest BCUT2D eigenvalue weighted by Crippen LogP contribution is -2.05. The fraction of sp³-hybridized carbons (Fsp3) is 0.364. The number of hydrogen-bond donors (Lipinski definition) is 1. The van der Waals surface area contributed by atoms with Crippen molar-refractivity contribution < 1.29 is 4.92 Å². The summed E-state index contributed by atoms with van der Waals surface area (Å²) in [4.78, 5) is 17.7. The number of nitrogens with zero attached hydrogens (tertiary/aromatic N) is 5. The molecule has 0 bridgehead atoms. The van der Waals surface area contributed by atoms with Gasteiger partial charge in [-0.25, -0.2) is 9.97 Å². The minimum atomic E-state index is -0.529. The molecule has 0 saturated carbocycles. The summed E-state index contributed by atoms with van der Waals surface area (Å²) in [5, 5.41) is 17.8. The van der Waals surface area contributed by atoms with E-state index < -0.39 is 4.92 Å². The molecule has 0 amide bonds. The second kappa shape index (κ2) is 5.01. The molecule has 8 heteroatoms. The summed E-state index contributed by atoms with van der Waals surface area (Å²) in [6.07, 6.45) is 2.36. The summed E-state index contributed by atoms with van der Waals surface area (Å²) in [6, 6.07) is 0. The average Bonchev–Trinajstić information content (AvgIpc) is 2.62. The Morgan fingerprint density at radius 3 is 2.47 bits per heavy atom. The number of aryl methyl sites for hydroxylation is 2. The van der Waals surface area contributed by atoms with Gasteiger partial charge in [-0.2, -0.15) is 5.10 Å². The van der Waals surface area contributed by atoms with E-state index in [-0.39, 0.29) is 5.69 Å². The van der Waals surface area contributed by atoms with Crippen LogP contribution in [-0.4, -0.2) is 24.7 Å². The molecule has 0 aliphatic heterocycles. The van der Waals surface area contributed by atoms with Crippen LogP contribution in [0.3, 0.4) is 0 Å². The third-order valence-corrected chi connectivity index (χ3v) is 2.93. The van der Waals surface area contributed by atoms with Crippen LogP contribution in [0, 0.1) is 24.0 Å². The largest absolute Gasteiger partial charge is 0.350 e. The molecule has 0 spiro atoms. The first kappa shape index (κ1) is 12.9. The topological polar surface area (TPSA) is 98.8 Å². The Bertz CT molecular complexity index is 604. The van der Waals surface area contributed by atoms with E-state index in [1.165, 1.54) is 12.4 Å². The van der Waals surface area contributed by atoms with Gasteiger partial charge in [-0.3, -0.25) is 14.8 Å². The van der Waals surface area contributed by atoms with E-state index in [1.807, 2.05) is 25.6 Å². The molecule has 0 atom stereocenters. The highest BCUT2D eigenvalue weighted by Crippen LogP contribution is 2.14. The van der Waals surface area contributed by atoms with Gasteiger partial charge in [0.15, 0.2) is 0 Å². The van der Waals surface area contributed by atoms with E-state index in [4.69, 9.17) is 0 Å². The molecule has 2 aromatic heterocycles. The van der Waals surface area contributed by atoms with Crippen molar-refractivity contribution in [2.24, 2.45) is 7.05 Å². The van der Waals surface area contributed by atoms with Crippen LogP contribution in [0.15, 0.2) is 12.4 Å². The highest BCUT2D eigenvalue weighted by atomic mass is 16.6. The van der Waals surface area contributed by atoms with Crippen LogP contribution < -0.4 is 5.32 Å². The van der Waals surface area contributed by atoms with E-state index in [0.29, 0.717) is 12.5 Å². The van der Waals surface area contributed by atoms with Crippen molar-refractivity contribution in [3.05, 3.63) is 39.5 Å². The standard InChI is InChI=1S/C11H14N6O2/c1-7-10(8(2)16(3)15-7)6-14-11-12-4-9(5-13-11)17(18)19/h4-5H,6H2,1-3H3,(H,12,13,14). The van der Waals surface area contributed by atoms with Gasteiger partial charge < -0.3 is 5.32 Å².